The van der Waals surface area contributed by atoms with Gasteiger partial charge in [-0.2, -0.15) is 0 Å². The van der Waals surface area contributed by atoms with E-state index in [2.05, 4.69) is 12.2 Å². The van der Waals surface area contributed by atoms with Crippen molar-refractivity contribution in [1.82, 2.24) is 9.88 Å². The number of para-hydroxylation sites is 2. The molecule has 2 rings (SSSR count). The van der Waals surface area contributed by atoms with Crippen molar-refractivity contribution >= 4 is 11.1 Å². The average molecular weight is 234 g/mol. The van der Waals surface area contributed by atoms with E-state index in [1.165, 1.54) is 0 Å². The summed E-state index contributed by atoms with van der Waals surface area (Å²) in [6, 6.07) is 7.53. The molecule has 0 saturated carbocycles. The van der Waals surface area contributed by atoms with Gasteiger partial charge in [-0.05, 0) is 38.1 Å². The third-order valence-electron chi connectivity index (χ3n) is 2.74. The molecule has 1 aromatic heterocycles. The highest BCUT2D eigenvalue weighted by Gasteiger charge is 2.07. The zero-order valence-electron chi connectivity index (χ0n) is 10.1. The van der Waals surface area contributed by atoms with Crippen molar-refractivity contribution in [2.24, 2.45) is 0 Å². The van der Waals surface area contributed by atoms with Gasteiger partial charge in [0.1, 0.15) is 0 Å². The molecule has 4 nitrogen and oxygen atoms in total. The van der Waals surface area contributed by atoms with Crippen molar-refractivity contribution < 1.29 is 4.42 Å². The van der Waals surface area contributed by atoms with E-state index in [1.807, 2.05) is 24.3 Å². The molecule has 0 spiro atoms. The first-order chi connectivity index (χ1) is 8.33. The minimum atomic E-state index is -0.262. The van der Waals surface area contributed by atoms with E-state index in [9.17, 15) is 4.79 Å². The monoisotopic (exact) mass is 234 g/mol. The van der Waals surface area contributed by atoms with Crippen LogP contribution in [0, 0.1) is 0 Å². The first-order valence-corrected chi connectivity index (χ1v) is 6.12. The molecule has 0 aliphatic carbocycles. The molecule has 1 N–H and O–H groups in total. The summed E-state index contributed by atoms with van der Waals surface area (Å²) in [5, 5.41) is 3.32. The first kappa shape index (κ1) is 11.9. The largest absolute Gasteiger partial charge is 0.419 e. The van der Waals surface area contributed by atoms with Crippen LogP contribution in [-0.2, 0) is 6.54 Å². The lowest BCUT2D eigenvalue weighted by Crippen LogP contribution is -2.20. The van der Waals surface area contributed by atoms with Gasteiger partial charge in [-0.15, -0.1) is 0 Å². The van der Waals surface area contributed by atoms with E-state index >= 15 is 0 Å². The van der Waals surface area contributed by atoms with Crippen molar-refractivity contribution in [2.45, 2.75) is 26.3 Å². The highest BCUT2D eigenvalue weighted by Crippen LogP contribution is 2.11. The van der Waals surface area contributed by atoms with Gasteiger partial charge in [0.15, 0.2) is 5.58 Å². The maximum atomic E-state index is 11.6. The van der Waals surface area contributed by atoms with Gasteiger partial charge in [-0.25, -0.2) is 4.79 Å². The molecular weight excluding hydrogens is 216 g/mol. The Morgan fingerprint density at radius 3 is 2.94 bits per heavy atom. The van der Waals surface area contributed by atoms with Crippen molar-refractivity contribution in [3.8, 4) is 0 Å². The Morgan fingerprint density at radius 1 is 1.29 bits per heavy atom. The molecule has 0 saturated heterocycles. The van der Waals surface area contributed by atoms with E-state index in [0.29, 0.717) is 12.1 Å². The number of fused-ring (bicyclic) bond motifs is 1. The van der Waals surface area contributed by atoms with Crippen LogP contribution >= 0.6 is 0 Å². The van der Waals surface area contributed by atoms with Crippen LogP contribution in [-0.4, -0.2) is 17.7 Å². The molecule has 0 aliphatic heterocycles. The number of oxazole rings is 1. The highest BCUT2D eigenvalue weighted by molar-refractivity contribution is 5.72. The van der Waals surface area contributed by atoms with Gasteiger partial charge in [0.2, 0.25) is 0 Å². The van der Waals surface area contributed by atoms with Crippen LogP contribution in [0.15, 0.2) is 33.5 Å². The maximum Gasteiger partial charge on any atom is 0.419 e. The Kier molecular flexibility index (Phi) is 3.98. The summed E-state index contributed by atoms with van der Waals surface area (Å²) in [6.07, 6.45) is 2.07. The second-order valence-electron chi connectivity index (χ2n) is 4.09. The molecule has 17 heavy (non-hydrogen) atoms. The predicted octanol–water partition coefficient (Wildman–Crippen LogP) is 1.98. The van der Waals surface area contributed by atoms with Crippen LogP contribution in [0.5, 0.6) is 0 Å². The molecule has 0 bridgehead atoms. The molecule has 1 heterocycles. The van der Waals surface area contributed by atoms with Crippen LogP contribution in [0.25, 0.3) is 11.1 Å². The second kappa shape index (κ2) is 5.68. The lowest BCUT2D eigenvalue weighted by molar-refractivity contribution is 0.490. The summed E-state index contributed by atoms with van der Waals surface area (Å²) in [4.78, 5) is 11.6. The standard InChI is InChI=1S/C13H18N2O2/c1-2-8-14-9-5-10-15-11-6-3-4-7-12(11)17-13(15)16/h3-4,6-7,14H,2,5,8-10H2,1H3. The summed E-state index contributed by atoms with van der Waals surface area (Å²) >= 11 is 0. The minimum absolute atomic E-state index is 0.262. The van der Waals surface area contributed by atoms with Gasteiger partial charge < -0.3 is 9.73 Å². The topological polar surface area (TPSA) is 47.2 Å². The number of nitrogens with one attached hydrogen (secondary N) is 1. The lowest BCUT2D eigenvalue weighted by atomic mass is 10.3. The molecule has 0 aliphatic rings. The Labute approximate surface area is 100 Å². The molecule has 0 unspecified atom stereocenters. The van der Waals surface area contributed by atoms with Crippen LogP contribution in [0.3, 0.4) is 0 Å². The van der Waals surface area contributed by atoms with Gasteiger partial charge in [0.25, 0.3) is 0 Å². The molecule has 0 fully saturated rings. The summed E-state index contributed by atoms with van der Waals surface area (Å²) in [7, 11) is 0. The van der Waals surface area contributed by atoms with Crippen LogP contribution < -0.4 is 11.1 Å². The average Bonchev–Trinajstić information content (AvgIpc) is 2.65. The number of nitrogens with zero attached hydrogens (tertiary/aromatic N) is 1. The predicted molar refractivity (Wildman–Crippen MR) is 68.3 cm³/mol. The normalized spacial score (nSPS) is 11.1. The number of rotatable bonds is 6. The Bertz CT molecular complexity index is 527. The number of hydrogen-bond donors (Lipinski definition) is 1. The van der Waals surface area contributed by atoms with Crippen molar-refractivity contribution in [3.63, 3.8) is 0 Å². The minimum Gasteiger partial charge on any atom is -0.408 e. The molecule has 4 heteroatoms. The third kappa shape index (κ3) is 2.77. The number of hydrogen-bond acceptors (Lipinski definition) is 3. The molecule has 0 atom stereocenters. The molecule has 0 amide bonds. The van der Waals surface area contributed by atoms with Gasteiger partial charge in [0.05, 0.1) is 5.52 Å². The third-order valence-corrected chi connectivity index (χ3v) is 2.74. The van der Waals surface area contributed by atoms with Gasteiger partial charge in [0, 0.05) is 6.54 Å². The van der Waals surface area contributed by atoms with Crippen LogP contribution in [0.4, 0.5) is 0 Å². The number of aryl methyl sites for hydroxylation is 1. The number of benzene rings is 1. The van der Waals surface area contributed by atoms with Crippen LogP contribution in [0.1, 0.15) is 19.8 Å². The molecule has 2 aromatic rings. The Morgan fingerprint density at radius 2 is 2.12 bits per heavy atom. The Balaban J connectivity index is 2.03. The summed E-state index contributed by atoms with van der Waals surface area (Å²) < 4.78 is 6.86. The van der Waals surface area contributed by atoms with Gasteiger partial charge >= 0.3 is 5.76 Å². The fourth-order valence-corrected chi connectivity index (χ4v) is 1.89. The van der Waals surface area contributed by atoms with Crippen LogP contribution in [0.2, 0.25) is 0 Å². The quantitative estimate of drug-likeness (QED) is 0.777. The lowest BCUT2D eigenvalue weighted by Gasteiger charge is -2.03. The SMILES string of the molecule is CCCNCCCn1c(=O)oc2ccccc21. The summed E-state index contributed by atoms with van der Waals surface area (Å²) in [6.45, 7) is 4.80. The first-order valence-electron chi connectivity index (χ1n) is 6.12. The molecule has 92 valence electrons. The summed E-state index contributed by atoms with van der Waals surface area (Å²) in [5.41, 5.74) is 1.55. The zero-order chi connectivity index (χ0) is 12.1. The molecule has 1 aromatic carbocycles. The van der Waals surface area contributed by atoms with E-state index in [0.717, 1.165) is 31.4 Å². The second-order valence-corrected chi connectivity index (χ2v) is 4.09. The maximum absolute atomic E-state index is 11.6. The number of aromatic nitrogens is 1. The van der Waals surface area contributed by atoms with E-state index in [1.54, 1.807) is 4.57 Å². The van der Waals surface area contributed by atoms with Crippen molar-refractivity contribution in [1.29, 1.82) is 0 Å². The van der Waals surface area contributed by atoms with Gasteiger partial charge in [-0.1, -0.05) is 19.1 Å². The van der Waals surface area contributed by atoms with E-state index in [4.69, 9.17) is 4.42 Å². The Hall–Kier alpha value is -1.55. The fraction of sp³-hybridized carbons (Fsp3) is 0.462. The van der Waals surface area contributed by atoms with Crippen molar-refractivity contribution in [2.75, 3.05) is 13.1 Å². The zero-order valence-corrected chi connectivity index (χ0v) is 10.1. The smallest absolute Gasteiger partial charge is 0.408 e. The molecule has 0 radical (unpaired) electrons. The fourth-order valence-electron chi connectivity index (χ4n) is 1.89. The molecular formula is C13H18N2O2. The van der Waals surface area contributed by atoms with Gasteiger partial charge in [-0.3, -0.25) is 4.57 Å². The summed E-state index contributed by atoms with van der Waals surface area (Å²) in [5.74, 6) is -0.262. The highest BCUT2D eigenvalue weighted by atomic mass is 16.4. The van der Waals surface area contributed by atoms with E-state index < -0.39 is 0 Å². The van der Waals surface area contributed by atoms with Crippen molar-refractivity contribution in [3.05, 3.63) is 34.8 Å². The van der Waals surface area contributed by atoms with E-state index in [-0.39, 0.29) is 5.76 Å².